The fourth-order valence-electron chi connectivity index (χ4n) is 1.28. The number of hydrogen-bond acceptors (Lipinski definition) is 1. The first-order valence-electron chi connectivity index (χ1n) is 6.24. The van der Waals surface area contributed by atoms with Crippen LogP contribution >= 0.6 is 0 Å². The molecule has 0 N–H and O–H groups in total. The van der Waals surface area contributed by atoms with Crippen molar-refractivity contribution < 1.29 is 0 Å². The first kappa shape index (κ1) is 14.6. The number of aliphatic imine (C=N–C) groups is 1. The highest BCUT2D eigenvalue weighted by molar-refractivity contribution is 6.84. The van der Waals surface area contributed by atoms with E-state index in [1.165, 1.54) is 32.1 Å². The summed E-state index contributed by atoms with van der Waals surface area (Å²) in [6.45, 7) is 11.8. The average molecular weight is 225 g/mol. The predicted molar refractivity (Wildman–Crippen MR) is 74.6 cm³/mol. The Labute approximate surface area is 96.7 Å². The van der Waals surface area contributed by atoms with E-state index in [4.69, 9.17) is 0 Å². The molecule has 0 heterocycles. The second-order valence-electron chi connectivity index (χ2n) is 4.90. The summed E-state index contributed by atoms with van der Waals surface area (Å²) in [5, 5.41) is 0. The van der Waals surface area contributed by atoms with Gasteiger partial charge in [-0.3, -0.25) is 4.99 Å². The molecule has 0 radical (unpaired) electrons. The summed E-state index contributed by atoms with van der Waals surface area (Å²) in [5.41, 5.74) is 2.14. The summed E-state index contributed by atoms with van der Waals surface area (Å²) < 4.78 is 0. The van der Waals surface area contributed by atoms with Crippen molar-refractivity contribution in [2.45, 2.75) is 58.2 Å². The normalized spacial score (nSPS) is 12.2. The van der Waals surface area contributed by atoms with Gasteiger partial charge in [0.05, 0.1) is 8.07 Å². The van der Waals surface area contributed by atoms with Crippen LogP contribution in [0.4, 0.5) is 0 Å². The topological polar surface area (TPSA) is 12.4 Å². The zero-order valence-corrected chi connectivity index (χ0v) is 11.8. The van der Waals surface area contributed by atoms with Crippen molar-refractivity contribution in [2.75, 3.05) is 6.54 Å². The first-order valence-corrected chi connectivity index (χ1v) is 9.52. The molecule has 15 heavy (non-hydrogen) atoms. The molecule has 0 rings (SSSR count). The molecule has 0 aromatic heterocycles. The van der Waals surface area contributed by atoms with E-state index in [9.17, 15) is 0 Å². The molecule has 0 unspecified atom stereocenters. The maximum absolute atomic E-state index is 4.46. The highest BCUT2D eigenvalue weighted by Crippen LogP contribution is 2.07. The van der Waals surface area contributed by atoms with Crippen LogP contribution in [0.25, 0.3) is 0 Å². The van der Waals surface area contributed by atoms with Gasteiger partial charge < -0.3 is 0 Å². The molecule has 0 atom stereocenters. The summed E-state index contributed by atoms with van der Waals surface area (Å²) in [7, 11) is -1.14. The van der Waals surface area contributed by atoms with Gasteiger partial charge in [0.15, 0.2) is 0 Å². The molecule has 0 bridgehead atoms. The molecule has 0 aliphatic heterocycles. The molecule has 0 saturated heterocycles. The van der Waals surface area contributed by atoms with Crippen molar-refractivity contribution in [3.8, 4) is 0 Å². The quantitative estimate of drug-likeness (QED) is 0.312. The van der Waals surface area contributed by atoms with Crippen LogP contribution in [0, 0.1) is 0 Å². The van der Waals surface area contributed by atoms with Crippen molar-refractivity contribution in [3.63, 3.8) is 0 Å². The van der Waals surface area contributed by atoms with Crippen LogP contribution < -0.4 is 0 Å². The van der Waals surface area contributed by atoms with Gasteiger partial charge in [-0.05, 0) is 18.7 Å². The maximum atomic E-state index is 4.46. The maximum Gasteiger partial charge on any atom is 0.0761 e. The molecule has 0 aliphatic rings. The fraction of sp³-hybridized carbons (Fsp3) is 0.769. The fourth-order valence-corrected chi connectivity index (χ4v) is 2.05. The van der Waals surface area contributed by atoms with Gasteiger partial charge in [-0.2, -0.15) is 0 Å². The van der Waals surface area contributed by atoms with Crippen molar-refractivity contribution >= 4 is 14.3 Å². The minimum Gasteiger partial charge on any atom is -0.298 e. The van der Waals surface area contributed by atoms with Crippen LogP contribution in [0.2, 0.25) is 19.1 Å². The van der Waals surface area contributed by atoms with Gasteiger partial charge in [-0.25, -0.2) is 0 Å². The largest absolute Gasteiger partial charge is 0.298 e. The van der Waals surface area contributed by atoms with Gasteiger partial charge in [0, 0.05) is 6.54 Å². The third-order valence-corrected chi connectivity index (χ3v) is 5.03. The lowest BCUT2D eigenvalue weighted by atomic mass is 10.2. The number of unbranched alkanes of at least 4 members (excludes halogenated alkanes) is 4. The summed E-state index contributed by atoms with van der Waals surface area (Å²) in [6, 6.07) is 1.14. The molecule has 88 valence electrons. The number of nitrogens with zero attached hydrogens (tertiary/aromatic N) is 1. The standard InChI is InChI=1S/C13H27NSi/c1-5-7-8-9-10-11-14-12-13-15(3,4)6-2/h6,12H,2,5,7-11,13H2,1,3-4H3. The predicted octanol–water partition coefficient (Wildman–Crippen LogP) is 4.46. The minimum atomic E-state index is -1.14. The Kier molecular flexibility index (Phi) is 8.68. The van der Waals surface area contributed by atoms with Gasteiger partial charge >= 0.3 is 0 Å². The molecule has 0 aromatic carbocycles. The Morgan fingerprint density at radius 3 is 2.40 bits per heavy atom. The van der Waals surface area contributed by atoms with Crippen LogP contribution in [-0.4, -0.2) is 20.8 Å². The molecule has 0 spiro atoms. The SMILES string of the molecule is C=C[Si](C)(C)CC=NCCCCCCC. The van der Waals surface area contributed by atoms with Gasteiger partial charge in [0.1, 0.15) is 0 Å². The third kappa shape index (κ3) is 9.92. The second kappa shape index (κ2) is 8.90. The smallest absolute Gasteiger partial charge is 0.0761 e. The molecule has 0 fully saturated rings. The molecule has 0 amide bonds. The van der Waals surface area contributed by atoms with Crippen molar-refractivity contribution in [2.24, 2.45) is 4.99 Å². The first-order chi connectivity index (χ1) is 7.12. The summed E-state index contributed by atoms with van der Waals surface area (Å²) in [5.74, 6) is 0. The van der Waals surface area contributed by atoms with E-state index in [2.05, 4.69) is 43.5 Å². The number of rotatable bonds is 9. The zero-order valence-electron chi connectivity index (χ0n) is 10.8. The molecule has 0 saturated carbocycles. The van der Waals surface area contributed by atoms with Gasteiger partial charge in [-0.15, -0.1) is 12.3 Å². The molecular weight excluding hydrogens is 198 g/mol. The van der Waals surface area contributed by atoms with E-state index in [1.807, 2.05) is 0 Å². The lowest BCUT2D eigenvalue weighted by Gasteiger charge is -2.12. The third-order valence-electron chi connectivity index (χ3n) is 2.69. The summed E-state index contributed by atoms with van der Waals surface area (Å²) in [4.78, 5) is 4.46. The monoisotopic (exact) mass is 225 g/mol. The second-order valence-corrected chi connectivity index (χ2v) is 9.69. The van der Waals surface area contributed by atoms with Crippen LogP contribution in [0.15, 0.2) is 17.3 Å². The van der Waals surface area contributed by atoms with E-state index in [1.54, 1.807) is 0 Å². The van der Waals surface area contributed by atoms with E-state index >= 15 is 0 Å². The Morgan fingerprint density at radius 1 is 1.13 bits per heavy atom. The Morgan fingerprint density at radius 2 is 1.80 bits per heavy atom. The molecule has 1 nitrogen and oxygen atoms in total. The lowest BCUT2D eigenvalue weighted by Crippen LogP contribution is -2.21. The Bertz CT molecular complexity index is 185. The lowest BCUT2D eigenvalue weighted by molar-refractivity contribution is 0.639. The van der Waals surface area contributed by atoms with Gasteiger partial charge in [-0.1, -0.05) is 45.7 Å². The van der Waals surface area contributed by atoms with E-state index in [0.717, 1.165) is 12.6 Å². The van der Waals surface area contributed by atoms with Crippen LogP contribution in [0.1, 0.15) is 39.0 Å². The van der Waals surface area contributed by atoms with Crippen LogP contribution in [-0.2, 0) is 0 Å². The highest BCUT2D eigenvalue weighted by Gasteiger charge is 2.12. The highest BCUT2D eigenvalue weighted by atomic mass is 28.3. The van der Waals surface area contributed by atoms with E-state index in [-0.39, 0.29) is 0 Å². The van der Waals surface area contributed by atoms with Crippen molar-refractivity contribution in [1.82, 2.24) is 0 Å². The minimum absolute atomic E-state index is 1.02. The average Bonchev–Trinajstić information content (AvgIpc) is 2.22. The molecular formula is C13H27NSi. The van der Waals surface area contributed by atoms with E-state index < -0.39 is 8.07 Å². The number of hydrogen-bond donors (Lipinski definition) is 0. The van der Waals surface area contributed by atoms with Crippen molar-refractivity contribution in [1.29, 1.82) is 0 Å². The summed E-state index contributed by atoms with van der Waals surface area (Å²) >= 11 is 0. The van der Waals surface area contributed by atoms with Crippen LogP contribution in [0.3, 0.4) is 0 Å². The van der Waals surface area contributed by atoms with Crippen LogP contribution in [0.5, 0.6) is 0 Å². The van der Waals surface area contributed by atoms with Crippen molar-refractivity contribution in [3.05, 3.63) is 12.3 Å². The van der Waals surface area contributed by atoms with Gasteiger partial charge in [0.2, 0.25) is 0 Å². The Hall–Kier alpha value is -0.373. The summed E-state index contributed by atoms with van der Waals surface area (Å²) in [6.07, 6.45) is 8.79. The molecule has 0 aliphatic carbocycles. The van der Waals surface area contributed by atoms with E-state index in [0.29, 0.717) is 0 Å². The zero-order chi connectivity index (χ0) is 11.6. The van der Waals surface area contributed by atoms with Gasteiger partial charge in [0.25, 0.3) is 0 Å². The molecule has 0 aromatic rings. The Balaban J connectivity index is 3.35. The molecule has 2 heteroatoms.